The van der Waals surface area contributed by atoms with Gasteiger partial charge in [0, 0.05) is 28.9 Å². The summed E-state index contributed by atoms with van der Waals surface area (Å²) in [6, 6.07) is 8.07. The molecule has 2 aromatic rings. The van der Waals surface area contributed by atoms with Crippen molar-refractivity contribution in [2.75, 3.05) is 5.73 Å². The molecule has 0 spiro atoms. The smallest absolute Gasteiger partial charge is 0.314 e. The number of ether oxygens (including phenoxy) is 1. The number of nitrogens with two attached hydrogens (primary N) is 1. The predicted molar refractivity (Wildman–Crippen MR) is 75.6 cm³/mol. The van der Waals surface area contributed by atoms with Crippen LogP contribution in [0.5, 0.6) is 5.75 Å². The van der Waals surface area contributed by atoms with E-state index in [4.69, 9.17) is 10.5 Å². The molecule has 2 rings (SSSR count). The molecule has 0 saturated carbocycles. The van der Waals surface area contributed by atoms with Crippen LogP contribution in [-0.4, -0.2) is 10.9 Å². The fraction of sp³-hybridized carbons (Fsp3) is 0.214. The van der Waals surface area contributed by atoms with Crippen LogP contribution in [-0.2, 0) is 4.79 Å². The van der Waals surface area contributed by atoms with E-state index < -0.39 is 10.9 Å². The van der Waals surface area contributed by atoms with Crippen molar-refractivity contribution in [2.24, 2.45) is 0 Å². The molecule has 0 aliphatic rings. The molecule has 6 heteroatoms. The average Bonchev–Trinajstić information content (AvgIpc) is 2.42. The van der Waals surface area contributed by atoms with Crippen LogP contribution < -0.4 is 10.5 Å². The first-order valence-electron chi connectivity index (χ1n) is 6.21. The van der Waals surface area contributed by atoms with Gasteiger partial charge in [0.1, 0.15) is 0 Å². The van der Waals surface area contributed by atoms with Crippen molar-refractivity contribution >= 4 is 28.1 Å². The summed E-state index contributed by atoms with van der Waals surface area (Å²) < 4.78 is 5.18. The minimum Gasteiger partial charge on any atom is -0.418 e. The highest BCUT2D eigenvalue weighted by Crippen LogP contribution is 2.39. The Hall–Kier alpha value is -2.63. The zero-order valence-corrected chi connectivity index (χ0v) is 11.0. The Morgan fingerprint density at radius 1 is 1.35 bits per heavy atom. The molecule has 0 amide bonds. The highest BCUT2D eigenvalue weighted by Gasteiger charge is 2.22. The Kier molecular flexibility index (Phi) is 3.84. The Labute approximate surface area is 115 Å². The van der Waals surface area contributed by atoms with Crippen LogP contribution in [0.3, 0.4) is 0 Å². The van der Waals surface area contributed by atoms with Crippen LogP contribution in [0.4, 0.5) is 11.4 Å². The van der Waals surface area contributed by atoms with Crippen molar-refractivity contribution < 1.29 is 14.5 Å². The predicted octanol–water partition coefficient (Wildman–Crippen LogP) is 3.04. The number of nitro benzene ring substituents is 1. The second kappa shape index (κ2) is 5.56. The van der Waals surface area contributed by atoms with Crippen molar-refractivity contribution in [1.82, 2.24) is 0 Å². The number of nitrogen functional groups attached to an aromatic ring is 1. The fourth-order valence-electron chi connectivity index (χ4n) is 1.97. The van der Waals surface area contributed by atoms with Gasteiger partial charge in [0.2, 0.25) is 5.75 Å². The largest absolute Gasteiger partial charge is 0.418 e. The first-order valence-corrected chi connectivity index (χ1v) is 6.21. The maximum atomic E-state index is 11.6. The van der Waals surface area contributed by atoms with E-state index in [1.165, 1.54) is 6.07 Å². The fourth-order valence-corrected chi connectivity index (χ4v) is 1.97. The van der Waals surface area contributed by atoms with Gasteiger partial charge in [-0.2, -0.15) is 0 Å². The number of nitro groups is 1. The molecule has 20 heavy (non-hydrogen) atoms. The topological polar surface area (TPSA) is 95.5 Å². The lowest BCUT2D eigenvalue weighted by Gasteiger charge is -2.10. The quantitative estimate of drug-likeness (QED) is 0.304. The van der Waals surface area contributed by atoms with Crippen LogP contribution in [0.1, 0.15) is 19.8 Å². The maximum absolute atomic E-state index is 11.6. The summed E-state index contributed by atoms with van der Waals surface area (Å²) >= 11 is 0. The van der Waals surface area contributed by atoms with E-state index in [0.717, 1.165) is 0 Å². The number of benzene rings is 2. The number of fused-ring (bicyclic) bond motifs is 1. The van der Waals surface area contributed by atoms with E-state index in [1.54, 1.807) is 24.3 Å². The molecule has 2 N–H and O–H groups in total. The van der Waals surface area contributed by atoms with Crippen LogP contribution in [0, 0.1) is 10.1 Å². The minimum atomic E-state index is -0.600. The number of hydrogen-bond donors (Lipinski definition) is 1. The molecule has 0 fully saturated rings. The van der Waals surface area contributed by atoms with Crippen LogP contribution in [0.25, 0.3) is 10.8 Å². The highest BCUT2D eigenvalue weighted by atomic mass is 16.6. The summed E-state index contributed by atoms with van der Waals surface area (Å²) in [6.45, 7) is 1.83. The van der Waals surface area contributed by atoms with Gasteiger partial charge in [-0.1, -0.05) is 31.2 Å². The zero-order chi connectivity index (χ0) is 14.7. The van der Waals surface area contributed by atoms with Gasteiger partial charge in [-0.3, -0.25) is 14.9 Å². The zero-order valence-electron chi connectivity index (χ0n) is 11.0. The van der Waals surface area contributed by atoms with E-state index >= 15 is 0 Å². The number of carbonyl (C=O) groups excluding carboxylic acids is 1. The van der Waals surface area contributed by atoms with E-state index in [1.807, 2.05) is 6.92 Å². The van der Waals surface area contributed by atoms with Gasteiger partial charge in [0.05, 0.1) is 4.92 Å². The number of rotatable bonds is 4. The number of anilines is 1. The van der Waals surface area contributed by atoms with Gasteiger partial charge in [-0.05, 0) is 6.42 Å². The molecule has 0 atom stereocenters. The number of esters is 1. The van der Waals surface area contributed by atoms with Crippen molar-refractivity contribution in [3.63, 3.8) is 0 Å². The van der Waals surface area contributed by atoms with E-state index in [9.17, 15) is 14.9 Å². The van der Waals surface area contributed by atoms with Crippen molar-refractivity contribution in [2.45, 2.75) is 19.8 Å². The van der Waals surface area contributed by atoms with Crippen molar-refractivity contribution in [1.29, 1.82) is 0 Å². The molecule has 0 unspecified atom stereocenters. The van der Waals surface area contributed by atoms with Gasteiger partial charge in [-0.25, -0.2) is 0 Å². The van der Waals surface area contributed by atoms with Gasteiger partial charge < -0.3 is 10.5 Å². The number of hydrogen-bond acceptors (Lipinski definition) is 5. The summed E-state index contributed by atoms with van der Waals surface area (Å²) in [6.07, 6.45) is 0.815. The normalized spacial score (nSPS) is 10.4. The number of nitrogens with zero attached hydrogens (tertiary/aromatic N) is 1. The molecule has 2 aromatic carbocycles. The standard InChI is InChI=1S/C14H14N2O4/c1-2-5-13(17)20-14-10-7-4-3-6-9(10)11(15)8-12(14)16(18)19/h3-4,6-8H,2,5,15H2,1H3. The van der Waals surface area contributed by atoms with Crippen molar-refractivity contribution in [3.8, 4) is 5.75 Å². The molecule has 0 aliphatic heterocycles. The lowest BCUT2D eigenvalue weighted by atomic mass is 10.1. The van der Waals surface area contributed by atoms with E-state index in [-0.39, 0.29) is 23.5 Å². The summed E-state index contributed by atoms with van der Waals surface area (Å²) in [5, 5.41) is 12.2. The molecule has 0 radical (unpaired) electrons. The van der Waals surface area contributed by atoms with E-state index in [0.29, 0.717) is 17.2 Å². The van der Waals surface area contributed by atoms with Crippen LogP contribution in [0.2, 0.25) is 0 Å². The Morgan fingerprint density at radius 2 is 2.00 bits per heavy atom. The van der Waals surface area contributed by atoms with E-state index in [2.05, 4.69) is 0 Å². The molecule has 104 valence electrons. The molecule has 6 nitrogen and oxygen atoms in total. The lowest BCUT2D eigenvalue weighted by molar-refractivity contribution is -0.385. The van der Waals surface area contributed by atoms with Gasteiger partial charge >= 0.3 is 11.7 Å². The van der Waals surface area contributed by atoms with Gasteiger partial charge in [0.15, 0.2) is 0 Å². The third-order valence-electron chi connectivity index (χ3n) is 2.87. The molecule has 0 bridgehead atoms. The second-order valence-electron chi connectivity index (χ2n) is 4.34. The van der Waals surface area contributed by atoms with Crippen LogP contribution >= 0.6 is 0 Å². The first kappa shape index (κ1) is 13.8. The lowest BCUT2D eigenvalue weighted by Crippen LogP contribution is -2.09. The molecule has 0 saturated heterocycles. The Balaban J connectivity index is 2.64. The number of carbonyl (C=O) groups is 1. The SMILES string of the molecule is CCCC(=O)Oc1c([N+](=O)[O-])cc(N)c2ccccc12. The molecular formula is C14H14N2O4. The highest BCUT2D eigenvalue weighted by molar-refractivity contribution is 6.01. The average molecular weight is 274 g/mol. The van der Waals surface area contributed by atoms with Crippen LogP contribution in [0.15, 0.2) is 30.3 Å². The minimum absolute atomic E-state index is 0.0433. The summed E-state index contributed by atoms with van der Waals surface area (Å²) in [4.78, 5) is 22.2. The summed E-state index contributed by atoms with van der Waals surface area (Å²) in [7, 11) is 0. The Morgan fingerprint density at radius 3 is 2.60 bits per heavy atom. The maximum Gasteiger partial charge on any atom is 0.314 e. The third kappa shape index (κ3) is 2.54. The molecule has 0 aromatic heterocycles. The summed E-state index contributed by atoms with van der Waals surface area (Å²) in [5.74, 6) is -0.538. The second-order valence-corrected chi connectivity index (χ2v) is 4.34. The third-order valence-corrected chi connectivity index (χ3v) is 2.87. The molecular weight excluding hydrogens is 260 g/mol. The molecule has 0 aliphatic carbocycles. The van der Waals surface area contributed by atoms with Crippen molar-refractivity contribution in [3.05, 3.63) is 40.4 Å². The monoisotopic (exact) mass is 274 g/mol. The first-order chi connectivity index (χ1) is 9.54. The van der Waals surface area contributed by atoms with Gasteiger partial charge in [-0.15, -0.1) is 0 Å². The van der Waals surface area contributed by atoms with Gasteiger partial charge in [0.25, 0.3) is 0 Å². The molecule has 0 heterocycles. The Bertz CT molecular complexity index is 682. The summed E-state index contributed by atoms with van der Waals surface area (Å²) in [5.41, 5.74) is 5.79.